The Balaban J connectivity index is 1.63. The molecule has 0 spiro atoms. The maximum Gasteiger partial charge on any atom is 0.253 e. The predicted molar refractivity (Wildman–Crippen MR) is 120 cm³/mol. The highest BCUT2D eigenvalue weighted by molar-refractivity contribution is 7.89. The van der Waals surface area contributed by atoms with E-state index in [9.17, 15) is 18.0 Å². The second-order valence-electron chi connectivity index (χ2n) is 7.52. The molecular weight excluding hydrogens is 414 g/mol. The Morgan fingerprint density at radius 3 is 2.39 bits per heavy atom. The van der Waals surface area contributed by atoms with E-state index >= 15 is 0 Å². The summed E-state index contributed by atoms with van der Waals surface area (Å²) >= 11 is 0. The standard InChI is InChI=1S/C23H27N3O4S/c1-3-14-24-23(28)20-6-4-5-7-21(20)25-22(27)18-12-15-26(16-13-18)31(29,30)19-10-8-17(2)9-11-19/h3-11,18H,1,12-16H2,2H3,(H,24,28)(H,25,27). The van der Waals surface area contributed by atoms with Gasteiger partial charge >= 0.3 is 0 Å². The van der Waals surface area contributed by atoms with Crippen LogP contribution in [0.25, 0.3) is 0 Å². The van der Waals surface area contributed by atoms with Gasteiger partial charge in [-0.3, -0.25) is 9.59 Å². The minimum atomic E-state index is -3.57. The van der Waals surface area contributed by atoms with E-state index in [-0.39, 0.29) is 35.7 Å². The van der Waals surface area contributed by atoms with Crippen molar-refractivity contribution in [1.29, 1.82) is 0 Å². The van der Waals surface area contributed by atoms with Crippen molar-refractivity contribution in [3.8, 4) is 0 Å². The first-order valence-electron chi connectivity index (χ1n) is 10.2. The first kappa shape index (κ1) is 22.7. The van der Waals surface area contributed by atoms with Gasteiger partial charge in [-0.25, -0.2) is 8.42 Å². The lowest BCUT2D eigenvalue weighted by Crippen LogP contribution is -2.41. The average Bonchev–Trinajstić information content (AvgIpc) is 2.78. The molecule has 2 amide bonds. The lowest BCUT2D eigenvalue weighted by molar-refractivity contribution is -0.120. The fourth-order valence-electron chi connectivity index (χ4n) is 3.50. The number of nitrogens with zero attached hydrogens (tertiary/aromatic N) is 1. The molecule has 1 heterocycles. The van der Waals surface area contributed by atoms with Gasteiger partial charge in [0.25, 0.3) is 5.91 Å². The van der Waals surface area contributed by atoms with Gasteiger partial charge in [-0.15, -0.1) is 6.58 Å². The van der Waals surface area contributed by atoms with Crippen LogP contribution >= 0.6 is 0 Å². The summed E-state index contributed by atoms with van der Waals surface area (Å²) in [6, 6.07) is 13.6. The summed E-state index contributed by atoms with van der Waals surface area (Å²) < 4.78 is 27.1. The molecule has 8 heteroatoms. The molecule has 0 bridgehead atoms. The van der Waals surface area contributed by atoms with Crippen molar-refractivity contribution in [2.24, 2.45) is 5.92 Å². The van der Waals surface area contributed by atoms with Crippen LogP contribution in [0, 0.1) is 12.8 Å². The summed E-state index contributed by atoms with van der Waals surface area (Å²) in [6.45, 7) is 6.35. The number of nitrogens with one attached hydrogen (secondary N) is 2. The van der Waals surface area contributed by atoms with Gasteiger partial charge in [0.05, 0.1) is 16.1 Å². The van der Waals surface area contributed by atoms with Crippen LogP contribution in [0.4, 0.5) is 5.69 Å². The number of benzene rings is 2. The second-order valence-corrected chi connectivity index (χ2v) is 9.46. The number of rotatable bonds is 7. The predicted octanol–water partition coefficient (Wildman–Crippen LogP) is 2.95. The Bertz CT molecular complexity index is 1060. The van der Waals surface area contributed by atoms with E-state index in [1.54, 1.807) is 54.6 Å². The second kappa shape index (κ2) is 9.89. The summed E-state index contributed by atoms with van der Waals surface area (Å²) in [4.78, 5) is 25.4. The summed E-state index contributed by atoms with van der Waals surface area (Å²) in [6.07, 6.45) is 2.42. The first-order chi connectivity index (χ1) is 14.8. The third kappa shape index (κ3) is 5.39. The van der Waals surface area contributed by atoms with Gasteiger partial charge in [-0.1, -0.05) is 35.9 Å². The molecule has 2 N–H and O–H groups in total. The largest absolute Gasteiger partial charge is 0.349 e. The number of amides is 2. The van der Waals surface area contributed by atoms with Crippen LogP contribution in [0.2, 0.25) is 0 Å². The molecule has 31 heavy (non-hydrogen) atoms. The van der Waals surface area contributed by atoms with E-state index < -0.39 is 10.0 Å². The molecule has 3 rings (SSSR count). The quantitative estimate of drug-likeness (QED) is 0.646. The third-order valence-corrected chi connectivity index (χ3v) is 7.23. The topological polar surface area (TPSA) is 95.6 Å². The lowest BCUT2D eigenvalue weighted by atomic mass is 9.97. The molecule has 2 aromatic carbocycles. The first-order valence-corrected chi connectivity index (χ1v) is 11.6. The van der Waals surface area contributed by atoms with Crippen LogP contribution in [0.5, 0.6) is 0 Å². The Kier molecular flexibility index (Phi) is 7.25. The molecule has 0 saturated carbocycles. The van der Waals surface area contributed by atoms with Crippen LogP contribution in [-0.2, 0) is 14.8 Å². The highest BCUT2D eigenvalue weighted by Gasteiger charge is 2.32. The summed E-state index contributed by atoms with van der Waals surface area (Å²) in [5, 5.41) is 5.54. The minimum absolute atomic E-state index is 0.212. The van der Waals surface area contributed by atoms with Crippen LogP contribution in [0.1, 0.15) is 28.8 Å². The Hall–Kier alpha value is -2.97. The highest BCUT2D eigenvalue weighted by atomic mass is 32.2. The molecule has 1 aliphatic rings. The fraction of sp³-hybridized carbons (Fsp3) is 0.304. The molecular formula is C23H27N3O4S. The maximum absolute atomic E-state index is 12.8. The number of para-hydroxylation sites is 1. The zero-order valence-corrected chi connectivity index (χ0v) is 18.3. The van der Waals surface area contributed by atoms with Crippen molar-refractivity contribution in [3.63, 3.8) is 0 Å². The van der Waals surface area contributed by atoms with Crippen LogP contribution < -0.4 is 10.6 Å². The van der Waals surface area contributed by atoms with Crippen molar-refractivity contribution in [2.45, 2.75) is 24.7 Å². The molecule has 164 valence electrons. The van der Waals surface area contributed by atoms with Gasteiger partial charge in [0.2, 0.25) is 15.9 Å². The monoisotopic (exact) mass is 441 g/mol. The van der Waals surface area contributed by atoms with Crippen LogP contribution in [0.3, 0.4) is 0 Å². The highest BCUT2D eigenvalue weighted by Crippen LogP contribution is 2.26. The van der Waals surface area contributed by atoms with Crippen LogP contribution in [0.15, 0.2) is 66.1 Å². The van der Waals surface area contributed by atoms with Gasteiger partial charge in [-0.2, -0.15) is 4.31 Å². The molecule has 1 saturated heterocycles. The number of piperidine rings is 1. The smallest absolute Gasteiger partial charge is 0.253 e. The van der Waals surface area contributed by atoms with E-state index in [2.05, 4.69) is 17.2 Å². The lowest BCUT2D eigenvalue weighted by Gasteiger charge is -2.30. The number of hydrogen-bond donors (Lipinski definition) is 2. The molecule has 1 fully saturated rings. The number of anilines is 1. The SMILES string of the molecule is C=CCNC(=O)c1ccccc1NC(=O)C1CCN(S(=O)(=O)c2ccc(C)cc2)CC1. The van der Waals surface area contributed by atoms with E-state index in [1.807, 2.05) is 6.92 Å². The van der Waals surface area contributed by atoms with E-state index in [4.69, 9.17) is 0 Å². The van der Waals surface area contributed by atoms with Crippen LogP contribution in [-0.4, -0.2) is 44.2 Å². The van der Waals surface area contributed by atoms with E-state index in [0.29, 0.717) is 30.6 Å². The molecule has 2 aromatic rings. The van der Waals surface area contributed by atoms with E-state index in [0.717, 1.165) is 5.56 Å². The number of aryl methyl sites for hydroxylation is 1. The third-order valence-electron chi connectivity index (χ3n) is 5.32. The summed E-state index contributed by atoms with van der Waals surface area (Å²) in [5.74, 6) is -0.833. The summed E-state index contributed by atoms with van der Waals surface area (Å²) in [5.41, 5.74) is 1.80. The fourth-order valence-corrected chi connectivity index (χ4v) is 4.97. The maximum atomic E-state index is 12.8. The summed E-state index contributed by atoms with van der Waals surface area (Å²) in [7, 11) is -3.57. The molecule has 0 radical (unpaired) electrons. The molecule has 0 aromatic heterocycles. The van der Waals surface area contributed by atoms with Crippen molar-refractivity contribution in [3.05, 3.63) is 72.3 Å². The minimum Gasteiger partial charge on any atom is -0.349 e. The average molecular weight is 442 g/mol. The zero-order valence-electron chi connectivity index (χ0n) is 17.5. The van der Waals surface area contributed by atoms with Gasteiger partial charge < -0.3 is 10.6 Å². The Labute approximate surface area is 183 Å². The molecule has 0 atom stereocenters. The van der Waals surface area contributed by atoms with Gasteiger partial charge in [0, 0.05) is 25.6 Å². The molecule has 0 aliphatic carbocycles. The van der Waals surface area contributed by atoms with Crippen molar-refractivity contribution in [1.82, 2.24) is 9.62 Å². The van der Waals surface area contributed by atoms with Gasteiger partial charge in [-0.05, 0) is 44.0 Å². The molecule has 0 unspecified atom stereocenters. The number of sulfonamides is 1. The molecule has 1 aliphatic heterocycles. The van der Waals surface area contributed by atoms with Crippen molar-refractivity contribution in [2.75, 3.05) is 25.0 Å². The number of hydrogen-bond acceptors (Lipinski definition) is 4. The van der Waals surface area contributed by atoms with Gasteiger partial charge in [0.15, 0.2) is 0 Å². The Morgan fingerprint density at radius 2 is 1.74 bits per heavy atom. The normalized spacial score (nSPS) is 15.3. The number of carbonyl (C=O) groups is 2. The Morgan fingerprint density at radius 1 is 1.10 bits per heavy atom. The zero-order chi connectivity index (χ0) is 22.4. The van der Waals surface area contributed by atoms with Crippen molar-refractivity contribution >= 4 is 27.5 Å². The number of carbonyl (C=O) groups excluding carboxylic acids is 2. The van der Waals surface area contributed by atoms with Gasteiger partial charge in [0.1, 0.15) is 0 Å². The molecule has 7 nitrogen and oxygen atoms in total. The van der Waals surface area contributed by atoms with E-state index in [1.165, 1.54) is 4.31 Å². The van der Waals surface area contributed by atoms with Crippen molar-refractivity contribution < 1.29 is 18.0 Å².